The van der Waals surface area contributed by atoms with Gasteiger partial charge in [0, 0.05) is 12.6 Å². The van der Waals surface area contributed by atoms with Gasteiger partial charge in [-0.2, -0.15) is 0 Å². The fourth-order valence-corrected chi connectivity index (χ4v) is 1.78. The first-order chi connectivity index (χ1) is 7.52. The van der Waals surface area contributed by atoms with E-state index >= 15 is 0 Å². The van der Waals surface area contributed by atoms with Gasteiger partial charge in [-0.05, 0) is 18.9 Å². The number of nitrogens with one attached hydrogen (secondary N) is 1. The molecule has 1 atom stereocenters. The molecule has 0 saturated heterocycles. The summed E-state index contributed by atoms with van der Waals surface area (Å²) in [6.45, 7) is 10.7. The molecule has 0 rings (SSSR count). The van der Waals surface area contributed by atoms with Crippen LogP contribution in [0.4, 0.5) is 0 Å². The first kappa shape index (κ1) is 15.9. The molecule has 2 nitrogen and oxygen atoms in total. The predicted octanol–water partition coefficient (Wildman–Crippen LogP) is 3.61. The topological polar surface area (TPSA) is 21.3 Å². The van der Waals surface area contributed by atoms with Crippen LogP contribution in [-0.2, 0) is 4.74 Å². The Kier molecular flexibility index (Phi) is 8.96. The molecule has 0 saturated carbocycles. The zero-order valence-electron chi connectivity index (χ0n) is 11.9. The summed E-state index contributed by atoms with van der Waals surface area (Å²) in [5.41, 5.74) is 0.275. The van der Waals surface area contributed by atoms with Gasteiger partial charge in [0.05, 0.1) is 6.61 Å². The monoisotopic (exact) mass is 229 g/mol. The summed E-state index contributed by atoms with van der Waals surface area (Å²) in [6.07, 6.45) is 6.55. The van der Waals surface area contributed by atoms with Crippen LogP contribution >= 0.6 is 0 Å². The molecule has 0 aromatic heterocycles. The van der Waals surface area contributed by atoms with Crippen LogP contribution in [0.15, 0.2) is 0 Å². The van der Waals surface area contributed by atoms with Crippen LogP contribution in [0.25, 0.3) is 0 Å². The molecule has 98 valence electrons. The maximum Gasteiger partial charge on any atom is 0.0624 e. The average Bonchev–Trinajstić information content (AvgIpc) is 2.20. The van der Waals surface area contributed by atoms with Crippen LogP contribution in [0.3, 0.4) is 0 Å². The van der Waals surface area contributed by atoms with Crippen LogP contribution in [0.5, 0.6) is 0 Å². The van der Waals surface area contributed by atoms with E-state index in [9.17, 15) is 0 Å². The van der Waals surface area contributed by atoms with E-state index in [4.69, 9.17) is 4.74 Å². The molecule has 0 spiro atoms. The van der Waals surface area contributed by atoms with Crippen LogP contribution < -0.4 is 5.32 Å². The van der Waals surface area contributed by atoms with Gasteiger partial charge >= 0.3 is 0 Å². The summed E-state index contributed by atoms with van der Waals surface area (Å²) in [4.78, 5) is 0. The summed E-state index contributed by atoms with van der Waals surface area (Å²) >= 11 is 0. The standard InChI is InChI=1S/C14H31NO/c1-6-7-8-9-10-11-16-12-13(15-5)14(2,3)4/h13,15H,6-12H2,1-5H3. The first-order valence-electron chi connectivity index (χ1n) is 6.77. The molecule has 0 aromatic carbocycles. The zero-order valence-corrected chi connectivity index (χ0v) is 11.9. The van der Waals surface area contributed by atoms with Crippen molar-refractivity contribution in [2.45, 2.75) is 65.8 Å². The van der Waals surface area contributed by atoms with Crippen LogP contribution in [0.2, 0.25) is 0 Å². The van der Waals surface area contributed by atoms with E-state index in [0.717, 1.165) is 13.2 Å². The summed E-state index contributed by atoms with van der Waals surface area (Å²) in [6, 6.07) is 0.447. The van der Waals surface area contributed by atoms with E-state index < -0.39 is 0 Å². The molecule has 0 bridgehead atoms. The molecule has 0 amide bonds. The highest BCUT2D eigenvalue weighted by atomic mass is 16.5. The lowest BCUT2D eigenvalue weighted by molar-refractivity contribution is 0.0761. The van der Waals surface area contributed by atoms with Crippen molar-refractivity contribution in [3.63, 3.8) is 0 Å². The van der Waals surface area contributed by atoms with E-state index in [1.54, 1.807) is 0 Å². The fraction of sp³-hybridized carbons (Fsp3) is 1.00. The van der Waals surface area contributed by atoms with Crippen molar-refractivity contribution in [3.8, 4) is 0 Å². The summed E-state index contributed by atoms with van der Waals surface area (Å²) in [5, 5.41) is 3.33. The third-order valence-corrected chi connectivity index (χ3v) is 3.07. The SMILES string of the molecule is CCCCCCCOCC(NC)C(C)(C)C. The second-order valence-corrected chi connectivity index (χ2v) is 5.70. The maximum atomic E-state index is 5.73. The van der Waals surface area contributed by atoms with Crippen molar-refractivity contribution >= 4 is 0 Å². The van der Waals surface area contributed by atoms with Crippen molar-refractivity contribution < 1.29 is 4.74 Å². The van der Waals surface area contributed by atoms with Gasteiger partial charge in [0.1, 0.15) is 0 Å². The summed E-state index contributed by atoms with van der Waals surface area (Å²) < 4.78 is 5.73. The Bertz CT molecular complexity index is 151. The van der Waals surface area contributed by atoms with Crippen molar-refractivity contribution in [2.75, 3.05) is 20.3 Å². The Morgan fingerprint density at radius 1 is 1.06 bits per heavy atom. The second kappa shape index (κ2) is 9.00. The average molecular weight is 229 g/mol. The molecule has 0 heterocycles. The molecule has 1 unspecified atom stereocenters. The number of likely N-dealkylation sites (N-methyl/N-ethyl adjacent to an activating group) is 1. The van der Waals surface area contributed by atoms with Gasteiger partial charge in [-0.3, -0.25) is 0 Å². The van der Waals surface area contributed by atoms with Gasteiger partial charge in [0.25, 0.3) is 0 Å². The normalized spacial score (nSPS) is 14.1. The van der Waals surface area contributed by atoms with E-state index in [1.807, 2.05) is 7.05 Å². The van der Waals surface area contributed by atoms with E-state index in [0.29, 0.717) is 6.04 Å². The smallest absolute Gasteiger partial charge is 0.0624 e. The van der Waals surface area contributed by atoms with E-state index in [-0.39, 0.29) is 5.41 Å². The minimum absolute atomic E-state index is 0.275. The Balaban J connectivity index is 3.42. The van der Waals surface area contributed by atoms with Crippen LogP contribution in [0.1, 0.15) is 59.8 Å². The second-order valence-electron chi connectivity index (χ2n) is 5.70. The minimum Gasteiger partial charge on any atom is -0.380 e. The molecule has 2 heteroatoms. The number of hydrogen-bond donors (Lipinski definition) is 1. The lowest BCUT2D eigenvalue weighted by Gasteiger charge is -2.30. The van der Waals surface area contributed by atoms with Gasteiger partial charge in [0.2, 0.25) is 0 Å². The van der Waals surface area contributed by atoms with Crippen molar-refractivity contribution in [3.05, 3.63) is 0 Å². The molecular formula is C14H31NO. The predicted molar refractivity (Wildman–Crippen MR) is 71.9 cm³/mol. The molecular weight excluding hydrogens is 198 g/mol. The molecule has 0 radical (unpaired) electrons. The molecule has 1 N–H and O–H groups in total. The minimum atomic E-state index is 0.275. The van der Waals surface area contributed by atoms with E-state index in [2.05, 4.69) is 33.0 Å². The van der Waals surface area contributed by atoms with E-state index in [1.165, 1.54) is 32.1 Å². The molecule has 0 aliphatic carbocycles. The number of ether oxygens (including phenoxy) is 1. The summed E-state index contributed by atoms with van der Waals surface area (Å²) in [5.74, 6) is 0. The molecule has 16 heavy (non-hydrogen) atoms. The summed E-state index contributed by atoms with van der Waals surface area (Å²) in [7, 11) is 2.01. The Morgan fingerprint density at radius 3 is 2.19 bits per heavy atom. The lowest BCUT2D eigenvalue weighted by atomic mass is 9.87. The van der Waals surface area contributed by atoms with Gasteiger partial charge < -0.3 is 10.1 Å². The third-order valence-electron chi connectivity index (χ3n) is 3.07. The first-order valence-corrected chi connectivity index (χ1v) is 6.77. The number of rotatable bonds is 9. The molecule has 0 fully saturated rings. The number of hydrogen-bond acceptors (Lipinski definition) is 2. The fourth-order valence-electron chi connectivity index (χ4n) is 1.78. The highest BCUT2D eigenvalue weighted by molar-refractivity contribution is 4.78. The van der Waals surface area contributed by atoms with Crippen molar-refractivity contribution in [2.24, 2.45) is 5.41 Å². The van der Waals surface area contributed by atoms with Crippen LogP contribution in [-0.4, -0.2) is 26.3 Å². The highest BCUT2D eigenvalue weighted by Gasteiger charge is 2.22. The third kappa shape index (κ3) is 8.12. The molecule has 0 aliphatic heterocycles. The molecule has 0 aromatic rings. The Hall–Kier alpha value is -0.0800. The number of unbranched alkanes of at least 4 members (excludes halogenated alkanes) is 4. The Labute approximate surface area is 102 Å². The van der Waals surface area contributed by atoms with Crippen molar-refractivity contribution in [1.82, 2.24) is 5.32 Å². The van der Waals surface area contributed by atoms with Gasteiger partial charge in [-0.15, -0.1) is 0 Å². The van der Waals surface area contributed by atoms with Gasteiger partial charge in [-0.25, -0.2) is 0 Å². The van der Waals surface area contributed by atoms with Crippen molar-refractivity contribution in [1.29, 1.82) is 0 Å². The van der Waals surface area contributed by atoms with Gasteiger partial charge in [-0.1, -0.05) is 53.4 Å². The van der Waals surface area contributed by atoms with Gasteiger partial charge in [0.15, 0.2) is 0 Å². The largest absolute Gasteiger partial charge is 0.380 e. The highest BCUT2D eigenvalue weighted by Crippen LogP contribution is 2.19. The Morgan fingerprint density at radius 2 is 1.69 bits per heavy atom. The zero-order chi connectivity index (χ0) is 12.4. The van der Waals surface area contributed by atoms with Crippen LogP contribution in [0, 0.1) is 5.41 Å². The lowest BCUT2D eigenvalue weighted by Crippen LogP contribution is -2.41. The quantitative estimate of drug-likeness (QED) is 0.610. The maximum absolute atomic E-state index is 5.73. The molecule has 0 aliphatic rings.